The first-order valence-electron chi connectivity index (χ1n) is 15.1. The number of Topliss-reactive ketones (excluding diaryl/α,β-unsaturated/α-hetero) is 1. The zero-order valence-corrected chi connectivity index (χ0v) is 25.8. The van der Waals surface area contributed by atoms with E-state index in [-0.39, 0.29) is 24.0 Å². The summed E-state index contributed by atoms with van der Waals surface area (Å²) >= 11 is 0. The third-order valence-electron chi connectivity index (χ3n) is 8.22. The molecule has 2 aliphatic rings. The van der Waals surface area contributed by atoms with Gasteiger partial charge in [-0.15, -0.1) is 0 Å². The van der Waals surface area contributed by atoms with Gasteiger partial charge in [0.15, 0.2) is 5.78 Å². The molecule has 12 nitrogen and oxygen atoms in total. The zero-order chi connectivity index (χ0) is 32.4. The van der Waals surface area contributed by atoms with Crippen molar-refractivity contribution < 1.29 is 38.4 Å². The molecule has 6 rings (SSSR count). The maximum Gasteiger partial charge on any atom is 0.512 e. The maximum absolute atomic E-state index is 13.8. The molecule has 0 unspecified atom stereocenters. The van der Waals surface area contributed by atoms with Gasteiger partial charge in [-0.3, -0.25) is 14.3 Å². The fourth-order valence-corrected chi connectivity index (χ4v) is 6.07. The molecule has 4 heterocycles. The molecule has 46 heavy (non-hydrogen) atoms. The molecule has 1 amide bonds. The van der Waals surface area contributed by atoms with Gasteiger partial charge in [0.2, 0.25) is 5.88 Å². The summed E-state index contributed by atoms with van der Waals surface area (Å²) in [6, 6.07) is 12.0. The number of amides is 1. The molecule has 1 fully saturated rings. The normalized spacial score (nSPS) is 15.2. The highest BCUT2D eigenvalue weighted by Gasteiger charge is 2.44. The monoisotopic (exact) mass is 626 g/mol. The molecule has 0 atom stereocenters. The molecule has 0 radical (unpaired) electrons. The Balaban J connectivity index is 1.19. The quantitative estimate of drug-likeness (QED) is 0.244. The number of fused-ring (bicyclic) bond motifs is 1. The molecule has 0 bridgehead atoms. The molecule has 2 aromatic heterocycles. The molecular formula is C34H34N4O8. The Morgan fingerprint density at radius 2 is 1.67 bits per heavy atom. The van der Waals surface area contributed by atoms with Gasteiger partial charge >= 0.3 is 6.16 Å². The maximum atomic E-state index is 13.8. The summed E-state index contributed by atoms with van der Waals surface area (Å²) in [6.45, 7) is 5.45. The van der Waals surface area contributed by atoms with Gasteiger partial charge in [0.1, 0.15) is 22.8 Å². The van der Waals surface area contributed by atoms with Crippen LogP contribution in [0.3, 0.4) is 0 Å². The molecule has 2 aromatic carbocycles. The summed E-state index contributed by atoms with van der Waals surface area (Å²) in [5.41, 5.74) is 3.15. The first kappa shape index (κ1) is 30.6. The van der Waals surface area contributed by atoms with Crippen molar-refractivity contribution in [3.8, 4) is 45.4 Å². The minimum Gasteiger partial charge on any atom is -0.493 e. The number of aryl methyl sites for hydroxylation is 1. The molecule has 2 aliphatic heterocycles. The number of carbonyl (C=O) groups is 3. The van der Waals surface area contributed by atoms with Crippen LogP contribution in [-0.2, 0) is 7.05 Å². The first-order valence-corrected chi connectivity index (χ1v) is 15.1. The second kappa shape index (κ2) is 12.5. The summed E-state index contributed by atoms with van der Waals surface area (Å²) in [5, 5.41) is 13.2. The molecule has 0 aliphatic carbocycles. The van der Waals surface area contributed by atoms with Crippen LogP contribution in [0.5, 0.6) is 23.1 Å². The number of aromatic nitrogens is 3. The van der Waals surface area contributed by atoms with Gasteiger partial charge < -0.3 is 29.0 Å². The lowest BCUT2D eigenvalue weighted by Crippen LogP contribution is -2.52. The average molecular weight is 627 g/mol. The van der Waals surface area contributed by atoms with E-state index < -0.39 is 11.8 Å². The SMILES string of the molecule is CCOc1cc(C(=O)N2CCC3(CC2)CC(=O)c2cc(-c4ccnc(OC(=O)O)c4)ccc2O3)cc(OCC)c1-c1cnn(C)c1. The van der Waals surface area contributed by atoms with Crippen molar-refractivity contribution >= 4 is 17.8 Å². The smallest absolute Gasteiger partial charge is 0.493 e. The van der Waals surface area contributed by atoms with Crippen LogP contribution in [-0.4, -0.2) is 74.5 Å². The van der Waals surface area contributed by atoms with E-state index in [0.717, 1.165) is 11.1 Å². The molecule has 12 heteroatoms. The zero-order valence-electron chi connectivity index (χ0n) is 25.8. The lowest BCUT2D eigenvalue weighted by molar-refractivity contribution is -0.00573. The summed E-state index contributed by atoms with van der Waals surface area (Å²) in [4.78, 5) is 43.8. The topological polar surface area (TPSA) is 142 Å². The minimum absolute atomic E-state index is 0.0485. The number of ether oxygens (including phenoxy) is 4. The molecule has 4 aromatic rings. The van der Waals surface area contributed by atoms with E-state index in [1.807, 2.05) is 33.2 Å². The first-order chi connectivity index (χ1) is 22.2. The molecule has 1 spiro atoms. The second-order valence-electron chi connectivity index (χ2n) is 11.3. The van der Waals surface area contributed by atoms with Gasteiger partial charge in [0, 0.05) is 62.6 Å². The van der Waals surface area contributed by atoms with Crippen LogP contribution in [0.1, 0.15) is 53.8 Å². The lowest BCUT2D eigenvalue weighted by Gasteiger charge is -2.44. The largest absolute Gasteiger partial charge is 0.512 e. The number of rotatable bonds is 8. The van der Waals surface area contributed by atoms with Crippen LogP contribution in [0.15, 0.2) is 61.1 Å². The van der Waals surface area contributed by atoms with Crippen molar-refractivity contribution in [1.82, 2.24) is 19.7 Å². The van der Waals surface area contributed by atoms with Crippen LogP contribution < -0.4 is 18.9 Å². The summed E-state index contributed by atoms with van der Waals surface area (Å²) in [5.74, 6) is 1.33. The summed E-state index contributed by atoms with van der Waals surface area (Å²) < 4.78 is 24.8. The summed E-state index contributed by atoms with van der Waals surface area (Å²) in [7, 11) is 1.84. The third-order valence-corrected chi connectivity index (χ3v) is 8.22. The Hall–Kier alpha value is -5.39. The van der Waals surface area contributed by atoms with Gasteiger partial charge in [0.05, 0.1) is 37.0 Å². The van der Waals surface area contributed by atoms with E-state index in [1.165, 1.54) is 12.3 Å². The Labute approximate surface area is 265 Å². The van der Waals surface area contributed by atoms with Crippen LogP contribution in [0.4, 0.5) is 4.79 Å². The highest BCUT2D eigenvalue weighted by atomic mass is 16.7. The van der Waals surface area contributed by atoms with E-state index in [2.05, 4.69) is 14.8 Å². The van der Waals surface area contributed by atoms with Crippen molar-refractivity contribution in [1.29, 1.82) is 0 Å². The molecular weight excluding hydrogens is 592 g/mol. The number of benzene rings is 2. The molecule has 1 saturated heterocycles. The number of carboxylic acid groups (broad SMARTS) is 1. The van der Waals surface area contributed by atoms with E-state index in [9.17, 15) is 14.4 Å². The molecule has 1 N–H and O–H groups in total. The predicted molar refractivity (Wildman–Crippen MR) is 167 cm³/mol. The molecule has 0 saturated carbocycles. The van der Waals surface area contributed by atoms with Crippen molar-refractivity contribution in [3.63, 3.8) is 0 Å². The van der Waals surface area contributed by atoms with E-state index >= 15 is 0 Å². The van der Waals surface area contributed by atoms with E-state index in [0.29, 0.717) is 78.6 Å². The van der Waals surface area contributed by atoms with Gasteiger partial charge in [-0.25, -0.2) is 9.78 Å². The number of carbonyl (C=O) groups excluding carboxylic acids is 2. The van der Waals surface area contributed by atoms with Crippen molar-refractivity contribution in [2.75, 3.05) is 26.3 Å². The Morgan fingerprint density at radius 3 is 2.30 bits per heavy atom. The highest BCUT2D eigenvalue weighted by Crippen LogP contribution is 2.43. The Morgan fingerprint density at radius 1 is 0.978 bits per heavy atom. The average Bonchev–Trinajstić information content (AvgIpc) is 3.46. The fourth-order valence-electron chi connectivity index (χ4n) is 6.07. The number of pyridine rings is 1. The standard InChI is InChI=1S/C34H34N4O8/c1-4-43-28-15-23(16-29(44-5-2)31(28)24-19-36-37(3)20-24)32(40)38-12-9-34(10-13-38)18-26(39)25-14-21(6-7-27(25)46-34)22-8-11-35-30(17-22)45-33(41)42/h6-8,11,14-17,19-20H,4-5,9-10,12-13,18H2,1-3H3,(H,41,42). The van der Waals surface area contributed by atoms with Crippen LogP contribution in [0.25, 0.3) is 22.3 Å². The van der Waals surface area contributed by atoms with E-state index in [1.54, 1.807) is 46.1 Å². The number of likely N-dealkylation sites (tertiary alicyclic amines) is 1. The Kier molecular flexibility index (Phi) is 8.35. The van der Waals surface area contributed by atoms with Crippen molar-refractivity contribution in [2.45, 2.75) is 38.7 Å². The third kappa shape index (κ3) is 6.10. The molecule has 238 valence electrons. The van der Waals surface area contributed by atoms with Crippen molar-refractivity contribution in [2.24, 2.45) is 7.05 Å². The van der Waals surface area contributed by atoms with E-state index in [4.69, 9.17) is 19.3 Å². The van der Waals surface area contributed by atoms with Gasteiger partial charge in [-0.2, -0.15) is 5.10 Å². The van der Waals surface area contributed by atoms with Crippen LogP contribution in [0.2, 0.25) is 0 Å². The van der Waals surface area contributed by atoms with Crippen molar-refractivity contribution in [3.05, 3.63) is 72.2 Å². The highest BCUT2D eigenvalue weighted by molar-refractivity contribution is 6.01. The Bertz CT molecular complexity index is 1780. The number of hydrogen-bond donors (Lipinski definition) is 1. The summed E-state index contributed by atoms with van der Waals surface area (Å²) in [6.07, 6.45) is 4.79. The fraction of sp³-hybridized carbons (Fsp3) is 0.324. The second-order valence-corrected chi connectivity index (χ2v) is 11.3. The predicted octanol–water partition coefficient (Wildman–Crippen LogP) is 5.64. The number of hydrogen-bond acceptors (Lipinski definition) is 9. The van der Waals surface area contributed by atoms with Crippen LogP contribution >= 0.6 is 0 Å². The number of nitrogens with zero attached hydrogens (tertiary/aromatic N) is 4. The lowest BCUT2D eigenvalue weighted by atomic mass is 9.82. The minimum atomic E-state index is -1.46. The number of ketones is 1. The van der Waals surface area contributed by atoms with Crippen LogP contribution in [0, 0.1) is 0 Å². The van der Waals surface area contributed by atoms with Gasteiger partial charge in [-0.05, 0) is 55.3 Å². The van der Waals surface area contributed by atoms with Gasteiger partial charge in [0.25, 0.3) is 5.91 Å². The number of piperidine rings is 1. The van der Waals surface area contributed by atoms with Gasteiger partial charge in [-0.1, -0.05) is 6.07 Å².